The molecule has 1 heteroatoms. The fourth-order valence-corrected chi connectivity index (χ4v) is 4.05. The van der Waals surface area contributed by atoms with E-state index in [1.165, 1.54) is 49.0 Å². The second-order valence-electron chi connectivity index (χ2n) is 6.43. The molecule has 0 bridgehead atoms. The van der Waals surface area contributed by atoms with E-state index in [1.807, 2.05) is 0 Å². The molecule has 0 saturated carbocycles. The van der Waals surface area contributed by atoms with Crippen LogP contribution in [0.25, 0.3) is 43.4 Å². The van der Waals surface area contributed by atoms with E-state index in [9.17, 15) is 0 Å². The number of hydrogen-bond acceptors (Lipinski definition) is 0. The first kappa shape index (κ1) is 14.0. The zero-order valence-corrected chi connectivity index (χ0v) is 14.9. The van der Waals surface area contributed by atoms with Gasteiger partial charge in [-0.3, -0.25) is 0 Å². The summed E-state index contributed by atoms with van der Waals surface area (Å²) in [5.74, 6) is 0. The zero-order chi connectivity index (χ0) is 16.3. The molecule has 114 valence electrons. The van der Waals surface area contributed by atoms with Gasteiger partial charge in [-0.15, -0.1) is 0 Å². The standard InChI is InChI=1S/C23H15Br/c1-14-13-18(9-12-21(14)24)19-10-7-17-6-5-15-3-2-4-16-8-11-20(19)23(17)22(15)16/h2-13H,1H3. The average molecular weight is 371 g/mol. The molecule has 0 heterocycles. The Labute approximate surface area is 149 Å². The van der Waals surface area contributed by atoms with Gasteiger partial charge >= 0.3 is 0 Å². The zero-order valence-electron chi connectivity index (χ0n) is 13.3. The van der Waals surface area contributed by atoms with Crippen molar-refractivity contribution in [1.29, 1.82) is 0 Å². The first-order chi connectivity index (χ1) is 11.7. The van der Waals surface area contributed by atoms with Gasteiger partial charge in [0.05, 0.1) is 0 Å². The highest BCUT2D eigenvalue weighted by atomic mass is 79.9. The normalized spacial score (nSPS) is 11.8. The Hall–Kier alpha value is -2.38. The second kappa shape index (κ2) is 5.06. The van der Waals surface area contributed by atoms with Gasteiger partial charge in [0, 0.05) is 4.47 Å². The summed E-state index contributed by atoms with van der Waals surface area (Å²) < 4.78 is 1.16. The van der Waals surface area contributed by atoms with Gasteiger partial charge in [0.25, 0.3) is 0 Å². The number of rotatable bonds is 1. The van der Waals surface area contributed by atoms with Crippen LogP contribution < -0.4 is 0 Å². The smallest absolute Gasteiger partial charge is 0.0204 e. The van der Waals surface area contributed by atoms with E-state index in [0.717, 1.165) is 4.47 Å². The lowest BCUT2D eigenvalue weighted by atomic mass is 9.89. The number of hydrogen-bond donors (Lipinski definition) is 0. The first-order valence-electron chi connectivity index (χ1n) is 8.15. The van der Waals surface area contributed by atoms with Crippen molar-refractivity contribution in [3.63, 3.8) is 0 Å². The van der Waals surface area contributed by atoms with Gasteiger partial charge in [-0.2, -0.15) is 0 Å². The molecule has 0 aromatic heterocycles. The lowest BCUT2D eigenvalue weighted by Gasteiger charge is -2.14. The van der Waals surface area contributed by atoms with Crippen molar-refractivity contribution in [3.05, 3.63) is 82.8 Å². The van der Waals surface area contributed by atoms with E-state index in [2.05, 4.69) is 95.7 Å². The molecule has 0 fully saturated rings. The fraction of sp³-hybridized carbons (Fsp3) is 0.0435. The monoisotopic (exact) mass is 370 g/mol. The third-order valence-electron chi connectivity index (χ3n) is 5.00. The van der Waals surface area contributed by atoms with E-state index in [1.54, 1.807) is 0 Å². The van der Waals surface area contributed by atoms with Gasteiger partial charge in [0.15, 0.2) is 0 Å². The van der Waals surface area contributed by atoms with Gasteiger partial charge in [-0.1, -0.05) is 82.7 Å². The molecular formula is C23H15Br. The molecule has 5 rings (SSSR count). The fourth-order valence-electron chi connectivity index (χ4n) is 3.80. The molecule has 0 nitrogen and oxygen atoms in total. The number of aryl methyl sites for hydroxylation is 1. The maximum atomic E-state index is 3.61. The van der Waals surface area contributed by atoms with Gasteiger partial charge in [0.1, 0.15) is 0 Å². The largest absolute Gasteiger partial charge is 0.0610 e. The van der Waals surface area contributed by atoms with Gasteiger partial charge in [-0.05, 0) is 62.0 Å². The third kappa shape index (κ3) is 1.91. The molecule has 0 N–H and O–H groups in total. The maximum absolute atomic E-state index is 3.61. The van der Waals surface area contributed by atoms with Gasteiger partial charge in [-0.25, -0.2) is 0 Å². The minimum Gasteiger partial charge on any atom is -0.0610 e. The molecule has 0 aliphatic rings. The molecule has 24 heavy (non-hydrogen) atoms. The molecule has 0 atom stereocenters. The molecule has 0 aliphatic heterocycles. The van der Waals surface area contributed by atoms with Crippen LogP contribution in [-0.2, 0) is 0 Å². The van der Waals surface area contributed by atoms with Crippen LogP contribution >= 0.6 is 15.9 Å². The summed E-state index contributed by atoms with van der Waals surface area (Å²) in [4.78, 5) is 0. The Kier molecular flexibility index (Phi) is 2.95. The number of benzene rings is 5. The highest BCUT2D eigenvalue weighted by Gasteiger charge is 2.12. The minimum absolute atomic E-state index is 1.16. The summed E-state index contributed by atoms with van der Waals surface area (Å²) in [6, 6.07) is 26.6. The van der Waals surface area contributed by atoms with Gasteiger partial charge < -0.3 is 0 Å². The summed E-state index contributed by atoms with van der Waals surface area (Å²) in [5.41, 5.74) is 3.84. The molecule has 0 unspecified atom stereocenters. The van der Waals surface area contributed by atoms with Crippen LogP contribution in [0.4, 0.5) is 0 Å². The predicted molar refractivity (Wildman–Crippen MR) is 108 cm³/mol. The predicted octanol–water partition coefficient (Wildman–Crippen LogP) is 7.32. The van der Waals surface area contributed by atoms with Crippen LogP contribution in [0.15, 0.2) is 77.3 Å². The molecule has 0 aliphatic carbocycles. The summed E-state index contributed by atoms with van der Waals surface area (Å²) >= 11 is 3.61. The van der Waals surface area contributed by atoms with Crippen molar-refractivity contribution < 1.29 is 0 Å². The summed E-state index contributed by atoms with van der Waals surface area (Å²) in [6.45, 7) is 2.14. The van der Waals surface area contributed by atoms with Crippen LogP contribution in [0.3, 0.4) is 0 Å². The lowest BCUT2D eigenvalue weighted by Crippen LogP contribution is -1.87. The third-order valence-corrected chi connectivity index (χ3v) is 5.89. The number of halogens is 1. The minimum atomic E-state index is 1.16. The Morgan fingerprint density at radius 3 is 2.08 bits per heavy atom. The van der Waals surface area contributed by atoms with Crippen molar-refractivity contribution in [1.82, 2.24) is 0 Å². The van der Waals surface area contributed by atoms with Crippen molar-refractivity contribution in [2.45, 2.75) is 6.92 Å². The van der Waals surface area contributed by atoms with E-state index in [0.29, 0.717) is 0 Å². The molecule has 5 aromatic carbocycles. The Morgan fingerprint density at radius 1 is 0.667 bits per heavy atom. The molecule has 0 amide bonds. The van der Waals surface area contributed by atoms with Crippen LogP contribution in [0.2, 0.25) is 0 Å². The molecular weight excluding hydrogens is 356 g/mol. The maximum Gasteiger partial charge on any atom is 0.0204 e. The van der Waals surface area contributed by atoms with Crippen LogP contribution in [0.5, 0.6) is 0 Å². The summed E-state index contributed by atoms with van der Waals surface area (Å²) in [5, 5.41) is 8.03. The molecule has 0 saturated heterocycles. The van der Waals surface area contributed by atoms with Crippen molar-refractivity contribution >= 4 is 48.2 Å². The van der Waals surface area contributed by atoms with Crippen molar-refractivity contribution in [2.24, 2.45) is 0 Å². The highest BCUT2D eigenvalue weighted by Crippen LogP contribution is 2.39. The van der Waals surface area contributed by atoms with E-state index in [-0.39, 0.29) is 0 Å². The Bertz CT molecular complexity index is 1200. The second-order valence-corrected chi connectivity index (χ2v) is 7.29. The first-order valence-corrected chi connectivity index (χ1v) is 8.95. The quantitative estimate of drug-likeness (QED) is 0.271. The van der Waals surface area contributed by atoms with E-state index >= 15 is 0 Å². The summed E-state index contributed by atoms with van der Waals surface area (Å²) in [6.07, 6.45) is 0. The van der Waals surface area contributed by atoms with E-state index in [4.69, 9.17) is 0 Å². The Balaban J connectivity index is 1.95. The van der Waals surface area contributed by atoms with Crippen LogP contribution in [0, 0.1) is 6.92 Å². The molecule has 5 aromatic rings. The summed E-state index contributed by atoms with van der Waals surface area (Å²) in [7, 11) is 0. The van der Waals surface area contributed by atoms with Gasteiger partial charge in [0.2, 0.25) is 0 Å². The van der Waals surface area contributed by atoms with Crippen LogP contribution in [-0.4, -0.2) is 0 Å². The van der Waals surface area contributed by atoms with Crippen molar-refractivity contribution in [3.8, 4) is 11.1 Å². The lowest BCUT2D eigenvalue weighted by molar-refractivity contribution is 1.43. The average Bonchev–Trinajstić information content (AvgIpc) is 2.62. The van der Waals surface area contributed by atoms with Crippen molar-refractivity contribution in [2.75, 3.05) is 0 Å². The van der Waals surface area contributed by atoms with E-state index < -0.39 is 0 Å². The Morgan fingerprint density at radius 2 is 1.33 bits per heavy atom. The topological polar surface area (TPSA) is 0 Å². The molecule has 0 radical (unpaired) electrons. The SMILES string of the molecule is Cc1cc(-c2ccc3ccc4cccc5ccc2c3c45)ccc1Br. The molecule has 0 spiro atoms. The van der Waals surface area contributed by atoms with Crippen LogP contribution in [0.1, 0.15) is 5.56 Å². The highest BCUT2D eigenvalue weighted by molar-refractivity contribution is 9.10.